The number of nitrogens with zero attached hydrogens (tertiary/aromatic N) is 1. The topological polar surface area (TPSA) is 59.4 Å². The first-order valence-electron chi connectivity index (χ1n) is 8.82. The van der Waals surface area contributed by atoms with E-state index in [1.165, 1.54) is 18.2 Å². The van der Waals surface area contributed by atoms with Crippen LogP contribution < -0.4 is 4.74 Å². The minimum absolute atomic E-state index is 0.0636. The molecule has 1 N–H and O–H groups in total. The summed E-state index contributed by atoms with van der Waals surface area (Å²) in [5.41, 5.74) is -2.23. The molecule has 1 aliphatic rings. The van der Waals surface area contributed by atoms with Gasteiger partial charge in [0.15, 0.2) is 5.78 Å². The van der Waals surface area contributed by atoms with Gasteiger partial charge in [0.25, 0.3) is 0 Å². The van der Waals surface area contributed by atoms with Gasteiger partial charge in [-0.15, -0.1) is 0 Å². The minimum Gasteiger partial charge on any atom is -0.512 e. The van der Waals surface area contributed by atoms with Crippen LogP contribution in [0, 0.1) is 0 Å². The molecule has 1 heterocycles. The van der Waals surface area contributed by atoms with Gasteiger partial charge < -0.3 is 9.84 Å². The second kappa shape index (κ2) is 7.66. The van der Waals surface area contributed by atoms with Gasteiger partial charge in [0.2, 0.25) is 5.88 Å². The number of aromatic nitrogens is 1. The molecule has 3 rings (SSSR count). The molecule has 0 amide bonds. The molecule has 160 valence electrons. The maximum Gasteiger partial charge on any atom is 0.421 e. The molecule has 0 aliphatic heterocycles. The molecule has 0 radical (unpaired) electrons. The van der Waals surface area contributed by atoms with Crippen LogP contribution in [0.2, 0.25) is 0 Å². The van der Waals surface area contributed by atoms with E-state index in [0.717, 1.165) is 0 Å². The molecule has 1 aromatic heterocycles. The van der Waals surface area contributed by atoms with Crippen molar-refractivity contribution >= 4 is 11.4 Å². The molecule has 10 heteroatoms. The van der Waals surface area contributed by atoms with Gasteiger partial charge in [-0.2, -0.15) is 26.3 Å². The average molecular weight is 431 g/mol. The summed E-state index contributed by atoms with van der Waals surface area (Å²) in [5.74, 6) is -1.67. The molecule has 1 aromatic carbocycles. The fraction of sp³-hybridized carbons (Fsp3) is 0.300. The fourth-order valence-corrected chi connectivity index (χ4v) is 3.11. The van der Waals surface area contributed by atoms with Crippen molar-refractivity contribution in [1.29, 1.82) is 0 Å². The van der Waals surface area contributed by atoms with Crippen molar-refractivity contribution in [2.75, 3.05) is 0 Å². The van der Waals surface area contributed by atoms with E-state index in [0.29, 0.717) is 17.5 Å². The third-order valence-corrected chi connectivity index (χ3v) is 4.59. The van der Waals surface area contributed by atoms with E-state index in [4.69, 9.17) is 4.74 Å². The molecule has 0 fully saturated rings. The largest absolute Gasteiger partial charge is 0.512 e. The summed E-state index contributed by atoms with van der Waals surface area (Å²) < 4.78 is 83.4. The molecule has 4 nitrogen and oxygen atoms in total. The lowest BCUT2D eigenvalue weighted by Crippen LogP contribution is -2.13. The number of hydrogen-bond acceptors (Lipinski definition) is 4. The molecule has 0 saturated carbocycles. The number of aliphatic hydroxyl groups excluding tert-OH is 1. The van der Waals surface area contributed by atoms with Crippen LogP contribution in [-0.4, -0.2) is 15.9 Å². The number of ether oxygens (including phenoxy) is 1. The summed E-state index contributed by atoms with van der Waals surface area (Å²) in [6, 6.07) is 4.03. The van der Waals surface area contributed by atoms with Crippen LogP contribution in [-0.2, 0) is 23.6 Å². The minimum atomic E-state index is -5.14. The van der Waals surface area contributed by atoms with Crippen LogP contribution in [0.3, 0.4) is 0 Å². The Morgan fingerprint density at radius 3 is 2.30 bits per heavy atom. The number of hydrogen-bond donors (Lipinski definition) is 1. The van der Waals surface area contributed by atoms with Gasteiger partial charge in [0.1, 0.15) is 17.1 Å². The Balaban J connectivity index is 2.06. The zero-order valence-electron chi connectivity index (χ0n) is 15.5. The second-order valence-electron chi connectivity index (χ2n) is 6.59. The zero-order chi connectivity index (χ0) is 22.3. The normalized spacial score (nSPS) is 15.1. The number of ketones is 1. The van der Waals surface area contributed by atoms with E-state index < -0.39 is 29.4 Å². The third kappa shape index (κ3) is 4.27. The van der Waals surface area contributed by atoms with Gasteiger partial charge >= 0.3 is 12.4 Å². The highest BCUT2D eigenvalue weighted by Gasteiger charge is 2.40. The van der Waals surface area contributed by atoms with Gasteiger partial charge in [0.05, 0.1) is 11.1 Å². The Hall–Kier alpha value is -3.04. The lowest BCUT2D eigenvalue weighted by atomic mass is 9.96. The van der Waals surface area contributed by atoms with Crippen LogP contribution in [0.15, 0.2) is 36.2 Å². The molecule has 2 aromatic rings. The highest BCUT2D eigenvalue weighted by Crippen LogP contribution is 2.41. The monoisotopic (exact) mass is 431 g/mol. The maximum absolute atomic E-state index is 13.3. The van der Waals surface area contributed by atoms with Crippen molar-refractivity contribution < 1.29 is 41.0 Å². The summed E-state index contributed by atoms with van der Waals surface area (Å²) in [6.45, 7) is 1.79. The summed E-state index contributed by atoms with van der Waals surface area (Å²) >= 11 is 0. The quantitative estimate of drug-likeness (QED) is 0.594. The van der Waals surface area contributed by atoms with E-state index in [-0.39, 0.29) is 48.0 Å². The van der Waals surface area contributed by atoms with Gasteiger partial charge in [0, 0.05) is 19.0 Å². The number of carbonyl (C=O) groups is 1. The molecule has 0 unspecified atom stereocenters. The highest BCUT2D eigenvalue weighted by atomic mass is 19.4. The second-order valence-corrected chi connectivity index (χ2v) is 6.59. The Bertz CT molecular complexity index is 1020. The summed E-state index contributed by atoms with van der Waals surface area (Å²) in [4.78, 5) is 15.3. The van der Waals surface area contributed by atoms with Gasteiger partial charge in [-0.1, -0.05) is 13.0 Å². The zero-order valence-corrected chi connectivity index (χ0v) is 15.5. The maximum atomic E-state index is 13.3. The molecule has 0 saturated heterocycles. The molecule has 1 aliphatic carbocycles. The SMILES string of the molecule is CCc1ccc(Oc2ncc(C(F)(F)F)cc2C(F)(F)F)cc1C1=C(O)CCC1=O. The number of aliphatic hydroxyl groups is 1. The van der Waals surface area contributed by atoms with E-state index >= 15 is 0 Å². The standard InChI is InChI=1S/C20H15F6NO3/c1-2-10-3-4-12(8-13(10)17-15(28)5-6-16(17)29)30-18-14(20(24,25)26)7-11(9-27-18)19(21,22)23/h3-4,7-9,28H,2,5-6H2,1H3. The number of Topliss-reactive ketones (excluding diaryl/α,β-unsaturated/α-hetero) is 1. The number of benzene rings is 1. The van der Waals surface area contributed by atoms with Crippen molar-refractivity contribution in [2.24, 2.45) is 0 Å². The van der Waals surface area contributed by atoms with Gasteiger partial charge in [-0.25, -0.2) is 4.98 Å². The van der Waals surface area contributed by atoms with Crippen LogP contribution in [0.5, 0.6) is 11.6 Å². The number of aryl methyl sites for hydroxylation is 1. The van der Waals surface area contributed by atoms with Crippen LogP contribution in [0.4, 0.5) is 26.3 Å². The first-order valence-corrected chi connectivity index (χ1v) is 8.82. The number of carbonyl (C=O) groups excluding carboxylic acids is 1. The van der Waals surface area contributed by atoms with Crippen molar-refractivity contribution in [3.05, 3.63) is 58.5 Å². The number of alkyl halides is 6. The van der Waals surface area contributed by atoms with Crippen LogP contribution in [0.1, 0.15) is 42.0 Å². The van der Waals surface area contributed by atoms with Crippen LogP contribution >= 0.6 is 0 Å². The Morgan fingerprint density at radius 1 is 1.07 bits per heavy atom. The molecular weight excluding hydrogens is 416 g/mol. The van der Waals surface area contributed by atoms with Gasteiger partial charge in [-0.05, 0) is 35.7 Å². The van der Waals surface area contributed by atoms with Crippen LogP contribution in [0.25, 0.3) is 5.57 Å². The van der Waals surface area contributed by atoms with E-state index in [1.807, 2.05) is 0 Å². The molecular formula is C20H15F6NO3. The highest BCUT2D eigenvalue weighted by molar-refractivity contribution is 6.23. The number of pyridine rings is 1. The molecule has 0 atom stereocenters. The lowest BCUT2D eigenvalue weighted by Gasteiger charge is -2.16. The first kappa shape index (κ1) is 21.7. The van der Waals surface area contributed by atoms with E-state index in [9.17, 15) is 36.2 Å². The Kier molecular flexibility index (Phi) is 5.53. The number of allylic oxidation sites excluding steroid dienone is 2. The summed E-state index contributed by atoms with van der Waals surface area (Å²) in [7, 11) is 0. The summed E-state index contributed by atoms with van der Waals surface area (Å²) in [6.07, 6.45) is -9.17. The number of halogens is 6. The third-order valence-electron chi connectivity index (χ3n) is 4.59. The van der Waals surface area contributed by atoms with E-state index in [1.54, 1.807) is 6.92 Å². The van der Waals surface area contributed by atoms with Crippen molar-refractivity contribution in [3.8, 4) is 11.6 Å². The Labute approximate surface area is 166 Å². The van der Waals surface area contributed by atoms with Crippen molar-refractivity contribution in [2.45, 2.75) is 38.5 Å². The van der Waals surface area contributed by atoms with E-state index in [2.05, 4.69) is 4.98 Å². The summed E-state index contributed by atoms with van der Waals surface area (Å²) in [5, 5.41) is 10.0. The lowest BCUT2D eigenvalue weighted by molar-refractivity contribution is -0.144. The predicted octanol–water partition coefficient (Wildman–Crippen LogP) is 6.11. The molecule has 0 bridgehead atoms. The van der Waals surface area contributed by atoms with Gasteiger partial charge in [-0.3, -0.25) is 4.79 Å². The molecule has 30 heavy (non-hydrogen) atoms. The Morgan fingerprint density at radius 2 is 1.77 bits per heavy atom. The average Bonchev–Trinajstić information content (AvgIpc) is 2.98. The molecule has 0 spiro atoms. The predicted molar refractivity (Wildman–Crippen MR) is 93.9 cm³/mol. The smallest absolute Gasteiger partial charge is 0.421 e. The van der Waals surface area contributed by atoms with Crippen molar-refractivity contribution in [3.63, 3.8) is 0 Å². The fourth-order valence-electron chi connectivity index (χ4n) is 3.11. The number of rotatable bonds is 4. The first-order chi connectivity index (χ1) is 13.9. The van der Waals surface area contributed by atoms with Crippen molar-refractivity contribution in [1.82, 2.24) is 4.98 Å².